The first-order valence-corrected chi connectivity index (χ1v) is 8.88. The Bertz CT molecular complexity index is 750. The van der Waals surface area contributed by atoms with Crippen LogP contribution in [0.2, 0.25) is 0 Å². The van der Waals surface area contributed by atoms with E-state index in [1.807, 2.05) is 26.2 Å². The first-order valence-electron chi connectivity index (χ1n) is 5.86. The van der Waals surface area contributed by atoms with Crippen LogP contribution in [-0.4, -0.2) is 36.0 Å². The van der Waals surface area contributed by atoms with Gasteiger partial charge in [0.15, 0.2) is 4.34 Å². The van der Waals surface area contributed by atoms with Gasteiger partial charge in [-0.3, -0.25) is 0 Å². The molecule has 0 spiro atoms. The average molecular weight is 324 g/mol. The summed E-state index contributed by atoms with van der Waals surface area (Å²) in [6, 6.07) is 1.99. The van der Waals surface area contributed by atoms with E-state index in [0.29, 0.717) is 10.9 Å². The van der Waals surface area contributed by atoms with Gasteiger partial charge in [-0.15, -0.1) is 15.3 Å². The van der Waals surface area contributed by atoms with E-state index in [4.69, 9.17) is 0 Å². The van der Waals surface area contributed by atoms with Crippen LogP contribution in [0, 0.1) is 13.8 Å². The van der Waals surface area contributed by atoms with Gasteiger partial charge in [0.1, 0.15) is 5.01 Å². The second kappa shape index (κ2) is 5.66. The molecule has 0 aromatic carbocycles. The molecule has 0 saturated heterocycles. The zero-order valence-electron chi connectivity index (χ0n) is 11.2. The number of aryl methyl sites for hydroxylation is 2. The Morgan fingerprint density at radius 2 is 2.10 bits per heavy atom. The Labute approximate surface area is 128 Å². The van der Waals surface area contributed by atoms with Crippen LogP contribution in [0.4, 0.5) is 0 Å². The molecule has 9 heteroatoms. The summed E-state index contributed by atoms with van der Waals surface area (Å²) < 4.78 is 2.75. The largest absolute Gasteiger partial charge is 0.253 e. The normalized spacial score (nSPS) is 11.3. The lowest BCUT2D eigenvalue weighted by molar-refractivity contribution is 0.843. The van der Waals surface area contributed by atoms with Crippen LogP contribution in [0.1, 0.15) is 16.4 Å². The molecule has 0 aliphatic carbocycles. The molecule has 20 heavy (non-hydrogen) atoms. The van der Waals surface area contributed by atoms with Crippen LogP contribution in [0.5, 0.6) is 0 Å². The molecule has 0 fully saturated rings. The smallest absolute Gasteiger partial charge is 0.216 e. The minimum atomic E-state index is 0.645. The molecular weight excluding hydrogens is 312 g/mol. The lowest BCUT2D eigenvalue weighted by Crippen LogP contribution is -1.97. The molecule has 3 rings (SSSR count). The number of hydrogen-bond donors (Lipinski definition) is 0. The molecule has 3 aromatic heterocycles. The van der Waals surface area contributed by atoms with E-state index in [0.717, 1.165) is 26.5 Å². The van der Waals surface area contributed by atoms with Gasteiger partial charge >= 0.3 is 0 Å². The summed E-state index contributed by atoms with van der Waals surface area (Å²) in [5.74, 6) is 1.37. The highest BCUT2D eigenvalue weighted by Gasteiger charge is 2.10. The van der Waals surface area contributed by atoms with Crippen LogP contribution in [0.25, 0.3) is 5.78 Å². The Balaban J connectivity index is 1.79. The summed E-state index contributed by atoms with van der Waals surface area (Å²) in [6.45, 7) is 3.96. The van der Waals surface area contributed by atoms with Crippen molar-refractivity contribution in [2.75, 3.05) is 6.26 Å². The Kier molecular flexibility index (Phi) is 3.90. The number of thioether (sulfide) groups is 2. The van der Waals surface area contributed by atoms with Gasteiger partial charge < -0.3 is 0 Å². The third-order valence-corrected chi connectivity index (χ3v) is 5.48. The van der Waals surface area contributed by atoms with Gasteiger partial charge in [-0.05, 0) is 26.2 Å². The molecule has 0 aliphatic heterocycles. The van der Waals surface area contributed by atoms with Crippen molar-refractivity contribution in [1.29, 1.82) is 0 Å². The highest BCUT2D eigenvalue weighted by atomic mass is 32.2. The molecule has 6 nitrogen and oxygen atoms in total. The molecule has 104 valence electrons. The highest BCUT2D eigenvalue weighted by Crippen LogP contribution is 2.25. The second-order valence-electron chi connectivity index (χ2n) is 4.10. The van der Waals surface area contributed by atoms with Crippen LogP contribution in [0.15, 0.2) is 15.6 Å². The molecule has 0 amide bonds. The molecule has 0 atom stereocenters. The van der Waals surface area contributed by atoms with E-state index in [-0.39, 0.29) is 0 Å². The Morgan fingerprint density at radius 3 is 2.85 bits per heavy atom. The van der Waals surface area contributed by atoms with Gasteiger partial charge in [0.05, 0.1) is 5.75 Å². The standard InChI is InChI=1S/C11H12N6S3/c1-6-4-7(2)17-9(12-6)13-10(16-17)19-5-8-14-15-11(18-3)20-8/h4H,5H2,1-3H3. The van der Waals surface area contributed by atoms with Gasteiger partial charge in [0.25, 0.3) is 5.78 Å². The number of hydrogen-bond acceptors (Lipinski definition) is 8. The van der Waals surface area contributed by atoms with Crippen molar-refractivity contribution < 1.29 is 0 Å². The third-order valence-electron chi connectivity index (χ3n) is 2.55. The van der Waals surface area contributed by atoms with E-state index in [2.05, 4.69) is 25.3 Å². The summed E-state index contributed by atoms with van der Waals surface area (Å²) in [6.07, 6.45) is 2.00. The summed E-state index contributed by atoms with van der Waals surface area (Å²) in [5.41, 5.74) is 1.99. The van der Waals surface area contributed by atoms with Crippen molar-refractivity contribution in [3.63, 3.8) is 0 Å². The molecule has 0 aliphatic rings. The molecular formula is C11H12N6S3. The minimum absolute atomic E-state index is 0.645. The quantitative estimate of drug-likeness (QED) is 0.683. The number of aromatic nitrogens is 6. The van der Waals surface area contributed by atoms with Crippen LogP contribution >= 0.6 is 34.9 Å². The van der Waals surface area contributed by atoms with Gasteiger partial charge in [-0.1, -0.05) is 34.9 Å². The Hall–Kier alpha value is -1.19. The molecule has 0 saturated carbocycles. The zero-order chi connectivity index (χ0) is 14.1. The number of rotatable bonds is 4. The van der Waals surface area contributed by atoms with Crippen molar-refractivity contribution >= 4 is 40.6 Å². The second-order valence-corrected chi connectivity index (χ2v) is 7.16. The Morgan fingerprint density at radius 1 is 1.25 bits per heavy atom. The summed E-state index contributed by atoms with van der Waals surface area (Å²) in [5, 5.41) is 14.4. The third kappa shape index (κ3) is 2.79. The van der Waals surface area contributed by atoms with E-state index < -0.39 is 0 Å². The van der Waals surface area contributed by atoms with Crippen LogP contribution in [-0.2, 0) is 5.75 Å². The van der Waals surface area contributed by atoms with Gasteiger partial charge in [-0.2, -0.15) is 4.98 Å². The number of fused-ring (bicyclic) bond motifs is 1. The summed E-state index contributed by atoms with van der Waals surface area (Å²) in [4.78, 5) is 8.81. The van der Waals surface area contributed by atoms with Gasteiger partial charge in [0, 0.05) is 11.4 Å². The van der Waals surface area contributed by atoms with Crippen molar-refractivity contribution in [2.45, 2.75) is 29.1 Å². The molecule has 0 radical (unpaired) electrons. The SMILES string of the molecule is CSc1nnc(CSc2nc3nc(C)cc(C)n3n2)s1. The monoisotopic (exact) mass is 324 g/mol. The van der Waals surface area contributed by atoms with Crippen molar-refractivity contribution in [3.8, 4) is 0 Å². The van der Waals surface area contributed by atoms with Crippen LogP contribution in [0.3, 0.4) is 0 Å². The van der Waals surface area contributed by atoms with Crippen molar-refractivity contribution in [3.05, 3.63) is 22.5 Å². The summed E-state index contributed by atoms with van der Waals surface area (Å²) >= 11 is 4.77. The molecule has 0 unspecified atom stereocenters. The molecule has 0 bridgehead atoms. The predicted octanol–water partition coefficient (Wildman–Crippen LogP) is 2.61. The lowest BCUT2D eigenvalue weighted by atomic mass is 10.4. The number of nitrogens with zero attached hydrogens (tertiary/aromatic N) is 6. The van der Waals surface area contributed by atoms with Crippen molar-refractivity contribution in [1.82, 2.24) is 29.8 Å². The maximum Gasteiger partial charge on any atom is 0.253 e. The maximum absolute atomic E-state index is 4.45. The summed E-state index contributed by atoms with van der Waals surface area (Å²) in [7, 11) is 0. The van der Waals surface area contributed by atoms with Crippen molar-refractivity contribution in [2.24, 2.45) is 0 Å². The molecule has 3 aromatic rings. The van der Waals surface area contributed by atoms with E-state index in [1.165, 1.54) is 0 Å². The predicted molar refractivity (Wildman–Crippen MR) is 81.5 cm³/mol. The molecule has 0 N–H and O–H groups in total. The lowest BCUT2D eigenvalue weighted by Gasteiger charge is -1.97. The molecule has 3 heterocycles. The van der Waals surface area contributed by atoms with E-state index in [9.17, 15) is 0 Å². The van der Waals surface area contributed by atoms with E-state index >= 15 is 0 Å². The fraction of sp³-hybridized carbons (Fsp3) is 0.364. The van der Waals surface area contributed by atoms with Gasteiger partial charge in [-0.25, -0.2) is 9.50 Å². The zero-order valence-corrected chi connectivity index (χ0v) is 13.6. The topological polar surface area (TPSA) is 68.9 Å². The van der Waals surface area contributed by atoms with E-state index in [1.54, 1.807) is 39.4 Å². The fourth-order valence-electron chi connectivity index (χ4n) is 1.71. The first-order chi connectivity index (χ1) is 9.65. The maximum atomic E-state index is 4.45. The fourth-order valence-corrected chi connectivity index (χ4v) is 3.83. The minimum Gasteiger partial charge on any atom is -0.216 e. The van der Waals surface area contributed by atoms with Gasteiger partial charge in [0.2, 0.25) is 5.16 Å². The average Bonchev–Trinajstić information content (AvgIpc) is 3.02. The first kappa shape index (κ1) is 13.8. The van der Waals surface area contributed by atoms with Crippen LogP contribution < -0.4 is 0 Å². The highest BCUT2D eigenvalue weighted by molar-refractivity contribution is 8.00.